The quantitative estimate of drug-likeness (QED) is 0.818. The molecule has 1 aliphatic rings. The molecule has 0 radical (unpaired) electrons. The number of nitriles is 1. The summed E-state index contributed by atoms with van der Waals surface area (Å²) >= 11 is 0. The maximum atomic E-state index is 12.6. The molecular weight excluding hydrogens is 288 g/mol. The SMILES string of the molecule is CN(C(=O)C1CCN(C#N)C1)c1cc(-c2ccccc2)ccn1. The lowest BCUT2D eigenvalue weighted by molar-refractivity contribution is -0.121. The van der Waals surface area contributed by atoms with Crippen LogP contribution in [-0.2, 0) is 4.79 Å². The van der Waals surface area contributed by atoms with E-state index in [4.69, 9.17) is 5.26 Å². The van der Waals surface area contributed by atoms with Crippen LogP contribution >= 0.6 is 0 Å². The lowest BCUT2D eigenvalue weighted by Crippen LogP contribution is -2.34. The number of benzene rings is 1. The van der Waals surface area contributed by atoms with Crippen molar-refractivity contribution in [2.75, 3.05) is 25.0 Å². The number of carbonyl (C=O) groups is 1. The molecule has 1 atom stereocenters. The topological polar surface area (TPSA) is 60.2 Å². The van der Waals surface area contributed by atoms with Gasteiger partial charge >= 0.3 is 0 Å². The summed E-state index contributed by atoms with van der Waals surface area (Å²) in [4.78, 5) is 20.2. The Kier molecular flexibility index (Phi) is 4.24. The molecule has 1 aromatic carbocycles. The molecule has 0 aliphatic carbocycles. The lowest BCUT2D eigenvalue weighted by atomic mass is 10.1. The van der Waals surface area contributed by atoms with E-state index in [0.717, 1.165) is 17.5 Å². The monoisotopic (exact) mass is 306 g/mol. The Balaban J connectivity index is 1.79. The highest BCUT2D eigenvalue weighted by Gasteiger charge is 2.30. The van der Waals surface area contributed by atoms with Crippen molar-refractivity contribution >= 4 is 11.7 Å². The van der Waals surface area contributed by atoms with Crippen LogP contribution in [0.4, 0.5) is 5.82 Å². The van der Waals surface area contributed by atoms with Crippen molar-refractivity contribution in [3.8, 4) is 17.3 Å². The third-order valence-electron chi connectivity index (χ3n) is 4.21. The summed E-state index contributed by atoms with van der Waals surface area (Å²) < 4.78 is 0. The van der Waals surface area contributed by atoms with Crippen LogP contribution in [0.2, 0.25) is 0 Å². The fourth-order valence-electron chi connectivity index (χ4n) is 2.85. The molecule has 2 heterocycles. The van der Waals surface area contributed by atoms with Gasteiger partial charge in [-0.1, -0.05) is 30.3 Å². The molecule has 116 valence electrons. The number of anilines is 1. The van der Waals surface area contributed by atoms with E-state index in [1.54, 1.807) is 23.0 Å². The number of aromatic nitrogens is 1. The standard InChI is InChI=1S/C18H18N4O/c1-21(18(23)16-8-10-22(12-16)13-19)17-11-15(7-9-20-17)14-5-3-2-4-6-14/h2-7,9,11,16H,8,10,12H2,1H3. The van der Waals surface area contributed by atoms with E-state index in [-0.39, 0.29) is 11.8 Å². The maximum absolute atomic E-state index is 12.6. The number of rotatable bonds is 3. The molecule has 2 aromatic rings. The van der Waals surface area contributed by atoms with E-state index in [1.807, 2.05) is 42.5 Å². The molecule has 1 aliphatic heterocycles. The van der Waals surface area contributed by atoms with Gasteiger partial charge in [-0.3, -0.25) is 9.69 Å². The van der Waals surface area contributed by atoms with Crippen LogP contribution in [0.1, 0.15) is 6.42 Å². The van der Waals surface area contributed by atoms with E-state index in [1.165, 1.54) is 0 Å². The first kappa shape index (κ1) is 15.0. The Bertz CT molecular complexity index is 738. The molecule has 0 bridgehead atoms. The predicted molar refractivity (Wildman–Crippen MR) is 88.4 cm³/mol. The van der Waals surface area contributed by atoms with Gasteiger partial charge in [0.15, 0.2) is 6.19 Å². The van der Waals surface area contributed by atoms with Crippen LogP contribution in [0, 0.1) is 17.4 Å². The van der Waals surface area contributed by atoms with Crippen LogP contribution in [0.15, 0.2) is 48.7 Å². The van der Waals surface area contributed by atoms with Gasteiger partial charge in [0.2, 0.25) is 5.91 Å². The second-order valence-corrected chi connectivity index (χ2v) is 5.70. The molecule has 23 heavy (non-hydrogen) atoms. The second kappa shape index (κ2) is 6.49. The molecule has 5 heteroatoms. The van der Waals surface area contributed by atoms with Crippen LogP contribution in [0.25, 0.3) is 11.1 Å². The minimum atomic E-state index is -0.137. The fourth-order valence-corrected chi connectivity index (χ4v) is 2.85. The molecule has 1 aromatic heterocycles. The number of hydrogen-bond acceptors (Lipinski definition) is 4. The van der Waals surface area contributed by atoms with Gasteiger partial charge in [-0.2, -0.15) is 5.26 Å². The first-order chi connectivity index (χ1) is 11.2. The van der Waals surface area contributed by atoms with Crippen LogP contribution in [0.5, 0.6) is 0 Å². The largest absolute Gasteiger partial charge is 0.310 e. The zero-order valence-corrected chi connectivity index (χ0v) is 13.0. The van der Waals surface area contributed by atoms with E-state index >= 15 is 0 Å². The van der Waals surface area contributed by atoms with E-state index in [0.29, 0.717) is 18.9 Å². The van der Waals surface area contributed by atoms with Crippen molar-refractivity contribution in [3.05, 3.63) is 48.7 Å². The summed E-state index contributed by atoms with van der Waals surface area (Å²) in [6.45, 7) is 1.15. The van der Waals surface area contributed by atoms with Gasteiger partial charge in [0.05, 0.1) is 5.92 Å². The van der Waals surface area contributed by atoms with Crippen molar-refractivity contribution in [3.63, 3.8) is 0 Å². The number of nitrogens with zero attached hydrogens (tertiary/aromatic N) is 4. The molecular formula is C18H18N4O. The first-order valence-electron chi connectivity index (χ1n) is 7.63. The van der Waals surface area contributed by atoms with Crippen LogP contribution in [0.3, 0.4) is 0 Å². The Hall–Kier alpha value is -2.87. The van der Waals surface area contributed by atoms with Gasteiger partial charge in [0, 0.05) is 26.3 Å². The first-order valence-corrected chi connectivity index (χ1v) is 7.63. The summed E-state index contributed by atoms with van der Waals surface area (Å²) in [5.74, 6) is 0.508. The van der Waals surface area contributed by atoms with Gasteiger partial charge < -0.3 is 4.90 Å². The number of pyridine rings is 1. The van der Waals surface area contributed by atoms with E-state index in [9.17, 15) is 4.79 Å². The molecule has 1 fully saturated rings. The zero-order chi connectivity index (χ0) is 16.2. The highest BCUT2D eigenvalue weighted by Crippen LogP contribution is 2.24. The number of likely N-dealkylation sites (tertiary alicyclic amines) is 1. The number of carbonyl (C=O) groups excluding carboxylic acids is 1. The van der Waals surface area contributed by atoms with Crippen molar-refractivity contribution < 1.29 is 4.79 Å². The Labute approximate surface area is 135 Å². The maximum Gasteiger partial charge on any atom is 0.232 e. The molecule has 1 unspecified atom stereocenters. The van der Waals surface area contributed by atoms with E-state index < -0.39 is 0 Å². The lowest BCUT2D eigenvalue weighted by Gasteiger charge is -2.20. The molecule has 5 nitrogen and oxygen atoms in total. The number of amides is 1. The average Bonchev–Trinajstić information content (AvgIpc) is 3.10. The summed E-state index contributed by atoms with van der Waals surface area (Å²) in [6.07, 6.45) is 4.54. The van der Waals surface area contributed by atoms with Crippen LogP contribution in [-0.4, -0.2) is 35.9 Å². The summed E-state index contributed by atoms with van der Waals surface area (Å²) in [7, 11) is 1.74. The molecule has 3 rings (SSSR count). The Morgan fingerprint density at radius 2 is 2.09 bits per heavy atom. The normalized spacial score (nSPS) is 16.9. The van der Waals surface area contributed by atoms with Gasteiger partial charge in [-0.15, -0.1) is 0 Å². The van der Waals surface area contributed by atoms with Crippen molar-refractivity contribution in [1.29, 1.82) is 5.26 Å². The van der Waals surface area contributed by atoms with Gasteiger partial charge in [0.25, 0.3) is 0 Å². The average molecular weight is 306 g/mol. The minimum absolute atomic E-state index is 0.0143. The molecule has 1 amide bonds. The number of hydrogen-bond donors (Lipinski definition) is 0. The third-order valence-corrected chi connectivity index (χ3v) is 4.21. The van der Waals surface area contributed by atoms with Gasteiger partial charge in [-0.25, -0.2) is 4.98 Å². The van der Waals surface area contributed by atoms with Crippen molar-refractivity contribution in [2.24, 2.45) is 5.92 Å². The second-order valence-electron chi connectivity index (χ2n) is 5.70. The third kappa shape index (κ3) is 3.16. The highest BCUT2D eigenvalue weighted by atomic mass is 16.2. The molecule has 0 saturated carbocycles. The van der Waals surface area contributed by atoms with Crippen LogP contribution < -0.4 is 4.90 Å². The van der Waals surface area contributed by atoms with E-state index in [2.05, 4.69) is 11.2 Å². The fraction of sp³-hybridized carbons (Fsp3) is 0.278. The Morgan fingerprint density at radius 1 is 1.30 bits per heavy atom. The highest BCUT2D eigenvalue weighted by molar-refractivity contribution is 5.94. The van der Waals surface area contributed by atoms with Gasteiger partial charge in [-0.05, 0) is 29.7 Å². The molecule has 1 saturated heterocycles. The summed E-state index contributed by atoms with van der Waals surface area (Å²) in [5, 5.41) is 8.92. The molecule has 0 spiro atoms. The zero-order valence-electron chi connectivity index (χ0n) is 13.0. The molecule has 0 N–H and O–H groups in total. The predicted octanol–water partition coefficient (Wildman–Crippen LogP) is 2.51. The Morgan fingerprint density at radius 3 is 2.78 bits per heavy atom. The summed E-state index contributed by atoms with van der Waals surface area (Å²) in [6, 6.07) is 13.9. The minimum Gasteiger partial charge on any atom is -0.310 e. The summed E-state index contributed by atoms with van der Waals surface area (Å²) in [5.41, 5.74) is 2.12. The smallest absolute Gasteiger partial charge is 0.232 e. The van der Waals surface area contributed by atoms with Crippen molar-refractivity contribution in [2.45, 2.75) is 6.42 Å². The van der Waals surface area contributed by atoms with Crippen molar-refractivity contribution in [1.82, 2.24) is 9.88 Å². The van der Waals surface area contributed by atoms with Gasteiger partial charge in [0.1, 0.15) is 5.82 Å².